The van der Waals surface area contributed by atoms with Crippen LogP contribution >= 0.6 is 0 Å². The molecule has 136 valence electrons. The summed E-state index contributed by atoms with van der Waals surface area (Å²) < 4.78 is 5.13. The van der Waals surface area contributed by atoms with Crippen molar-refractivity contribution in [3.8, 4) is 0 Å². The van der Waals surface area contributed by atoms with E-state index in [1.807, 2.05) is 37.3 Å². The molecule has 2 aromatic rings. The van der Waals surface area contributed by atoms with Gasteiger partial charge in [0, 0.05) is 5.69 Å². The van der Waals surface area contributed by atoms with Crippen molar-refractivity contribution in [2.45, 2.75) is 44.4 Å². The predicted molar refractivity (Wildman–Crippen MR) is 102 cm³/mol. The monoisotopic (exact) mass is 351 g/mol. The molecule has 1 aliphatic carbocycles. The molecule has 0 aromatic heterocycles. The van der Waals surface area contributed by atoms with E-state index in [1.165, 1.54) is 0 Å². The molecule has 1 fully saturated rings. The largest absolute Gasteiger partial charge is 0.462 e. The highest BCUT2D eigenvalue weighted by atomic mass is 16.5. The van der Waals surface area contributed by atoms with E-state index in [1.54, 1.807) is 24.3 Å². The zero-order chi connectivity index (χ0) is 18.4. The second-order valence-corrected chi connectivity index (χ2v) is 6.82. The predicted octanol–water partition coefficient (Wildman–Crippen LogP) is 4.70. The van der Waals surface area contributed by atoms with Crippen LogP contribution in [0.4, 0.5) is 5.69 Å². The lowest BCUT2D eigenvalue weighted by Gasteiger charge is -2.28. The summed E-state index contributed by atoms with van der Waals surface area (Å²) in [5.41, 5.74) is 1.81. The number of nitrogens with one attached hydrogen (secondary N) is 1. The van der Waals surface area contributed by atoms with Gasteiger partial charge in [0.25, 0.3) is 0 Å². The molecule has 0 bridgehead atoms. The third-order valence-corrected chi connectivity index (χ3v) is 5.03. The first kappa shape index (κ1) is 18.2. The van der Waals surface area contributed by atoms with Crippen molar-refractivity contribution < 1.29 is 14.3 Å². The number of ether oxygens (including phenoxy) is 1. The van der Waals surface area contributed by atoms with Gasteiger partial charge in [0.1, 0.15) is 0 Å². The van der Waals surface area contributed by atoms with Gasteiger partial charge in [-0.2, -0.15) is 0 Å². The van der Waals surface area contributed by atoms with Gasteiger partial charge in [-0.15, -0.1) is 0 Å². The summed E-state index contributed by atoms with van der Waals surface area (Å²) in [6, 6.07) is 16.9. The van der Waals surface area contributed by atoms with E-state index in [0.717, 1.165) is 37.7 Å². The number of hydrogen-bond donors (Lipinski definition) is 1. The Morgan fingerprint density at radius 2 is 1.65 bits per heavy atom. The average Bonchev–Trinajstić information content (AvgIpc) is 3.18. The number of benzene rings is 2. The van der Waals surface area contributed by atoms with Crippen LogP contribution < -0.4 is 5.32 Å². The lowest BCUT2D eigenvalue weighted by molar-refractivity contribution is -0.121. The number of anilines is 1. The molecule has 0 spiro atoms. The molecule has 0 aliphatic heterocycles. The SMILES string of the molecule is CCCOC(=O)c1ccc(NC(=O)C2(c3ccccc3)CCCC2)cc1. The molecule has 0 saturated heterocycles. The van der Waals surface area contributed by atoms with Crippen molar-refractivity contribution >= 4 is 17.6 Å². The zero-order valence-electron chi connectivity index (χ0n) is 15.2. The van der Waals surface area contributed by atoms with Crippen LogP contribution in [0, 0.1) is 0 Å². The van der Waals surface area contributed by atoms with E-state index in [4.69, 9.17) is 4.74 Å². The normalized spacial score (nSPS) is 15.4. The third-order valence-electron chi connectivity index (χ3n) is 5.03. The summed E-state index contributed by atoms with van der Waals surface area (Å²) in [4.78, 5) is 25.0. The van der Waals surface area contributed by atoms with E-state index in [2.05, 4.69) is 5.32 Å². The first-order chi connectivity index (χ1) is 12.7. The van der Waals surface area contributed by atoms with Gasteiger partial charge >= 0.3 is 5.97 Å². The number of hydrogen-bond acceptors (Lipinski definition) is 3. The van der Waals surface area contributed by atoms with Gasteiger partial charge < -0.3 is 10.1 Å². The van der Waals surface area contributed by atoms with Gasteiger partial charge in [0.05, 0.1) is 17.6 Å². The van der Waals surface area contributed by atoms with Crippen LogP contribution in [-0.2, 0) is 14.9 Å². The summed E-state index contributed by atoms with van der Waals surface area (Å²) >= 11 is 0. The van der Waals surface area contributed by atoms with Crippen LogP contribution in [0.1, 0.15) is 54.9 Å². The molecule has 1 N–H and O–H groups in total. The van der Waals surface area contributed by atoms with E-state index in [-0.39, 0.29) is 11.9 Å². The fourth-order valence-electron chi connectivity index (χ4n) is 3.60. The molecule has 4 nitrogen and oxygen atoms in total. The maximum absolute atomic E-state index is 13.1. The standard InChI is InChI=1S/C22H25NO3/c1-2-16-26-20(24)17-10-12-19(13-11-17)23-21(25)22(14-6-7-15-22)18-8-4-3-5-9-18/h3-5,8-13H,2,6-7,14-16H2,1H3,(H,23,25). The van der Waals surface area contributed by atoms with Crippen LogP contribution in [0.15, 0.2) is 54.6 Å². The second kappa shape index (κ2) is 8.17. The third kappa shape index (κ3) is 3.79. The molecule has 2 aromatic carbocycles. The van der Waals surface area contributed by atoms with Gasteiger partial charge in [0.2, 0.25) is 5.91 Å². The number of esters is 1. The van der Waals surface area contributed by atoms with Gasteiger partial charge in [-0.25, -0.2) is 4.79 Å². The molecule has 0 heterocycles. The van der Waals surface area contributed by atoms with Gasteiger partial charge in [-0.3, -0.25) is 4.79 Å². The quantitative estimate of drug-likeness (QED) is 0.767. The Balaban J connectivity index is 1.73. The molecule has 0 atom stereocenters. The minimum absolute atomic E-state index is 0.0301. The highest BCUT2D eigenvalue weighted by Gasteiger charge is 2.42. The Labute approximate surface area is 154 Å². The van der Waals surface area contributed by atoms with Crippen LogP contribution in [0.2, 0.25) is 0 Å². The zero-order valence-corrected chi connectivity index (χ0v) is 15.2. The Morgan fingerprint density at radius 1 is 1.00 bits per heavy atom. The van der Waals surface area contributed by atoms with E-state index in [9.17, 15) is 9.59 Å². The average molecular weight is 351 g/mol. The van der Waals surface area contributed by atoms with Crippen molar-refractivity contribution in [2.24, 2.45) is 0 Å². The molecule has 26 heavy (non-hydrogen) atoms. The van der Waals surface area contributed by atoms with E-state index >= 15 is 0 Å². The van der Waals surface area contributed by atoms with Crippen molar-refractivity contribution in [3.05, 3.63) is 65.7 Å². The number of carbonyl (C=O) groups is 2. The second-order valence-electron chi connectivity index (χ2n) is 6.82. The summed E-state index contributed by atoms with van der Waals surface area (Å²) in [6.45, 7) is 2.37. The Hall–Kier alpha value is -2.62. The molecule has 0 unspecified atom stereocenters. The number of amides is 1. The molecule has 0 radical (unpaired) electrons. The molecule has 3 rings (SSSR count). The smallest absolute Gasteiger partial charge is 0.338 e. The Kier molecular flexibility index (Phi) is 5.71. The van der Waals surface area contributed by atoms with Crippen molar-refractivity contribution in [2.75, 3.05) is 11.9 Å². The van der Waals surface area contributed by atoms with Crippen molar-refractivity contribution in [1.82, 2.24) is 0 Å². The molecule has 1 saturated carbocycles. The minimum Gasteiger partial charge on any atom is -0.462 e. The van der Waals surface area contributed by atoms with Crippen molar-refractivity contribution in [3.63, 3.8) is 0 Å². The minimum atomic E-state index is -0.458. The van der Waals surface area contributed by atoms with Crippen molar-refractivity contribution in [1.29, 1.82) is 0 Å². The molecule has 1 amide bonds. The molecule has 4 heteroatoms. The summed E-state index contributed by atoms with van der Waals surface area (Å²) in [5, 5.41) is 3.04. The Morgan fingerprint density at radius 3 is 2.27 bits per heavy atom. The van der Waals surface area contributed by atoms with Crippen LogP contribution in [0.3, 0.4) is 0 Å². The maximum Gasteiger partial charge on any atom is 0.338 e. The molecular weight excluding hydrogens is 326 g/mol. The number of carbonyl (C=O) groups excluding carboxylic acids is 2. The van der Waals surface area contributed by atoms with Gasteiger partial charge in [0.15, 0.2) is 0 Å². The van der Waals surface area contributed by atoms with E-state index < -0.39 is 5.41 Å². The van der Waals surface area contributed by atoms with Gasteiger partial charge in [-0.05, 0) is 49.1 Å². The summed E-state index contributed by atoms with van der Waals surface area (Å²) in [6.07, 6.45) is 4.64. The highest BCUT2D eigenvalue weighted by Crippen LogP contribution is 2.42. The van der Waals surface area contributed by atoms with Gasteiger partial charge in [-0.1, -0.05) is 50.1 Å². The van der Waals surface area contributed by atoms with Crippen LogP contribution in [0.25, 0.3) is 0 Å². The lowest BCUT2D eigenvalue weighted by Crippen LogP contribution is -2.37. The van der Waals surface area contributed by atoms with Crippen LogP contribution in [-0.4, -0.2) is 18.5 Å². The topological polar surface area (TPSA) is 55.4 Å². The summed E-state index contributed by atoms with van der Waals surface area (Å²) in [7, 11) is 0. The first-order valence-corrected chi connectivity index (χ1v) is 9.30. The highest BCUT2D eigenvalue weighted by molar-refractivity contribution is 6.00. The Bertz CT molecular complexity index is 747. The molecule has 1 aliphatic rings. The summed E-state index contributed by atoms with van der Waals surface area (Å²) in [5.74, 6) is -0.302. The molecular formula is C22H25NO3. The first-order valence-electron chi connectivity index (χ1n) is 9.30. The lowest BCUT2D eigenvalue weighted by atomic mass is 9.78. The maximum atomic E-state index is 13.1. The fraction of sp³-hybridized carbons (Fsp3) is 0.364. The number of rotatable bonds is 6. The van der Waals surface area contributed by atoms with Crippen LogP contribution in [0.5, 0.6) is 0 Å². The van der Waals surface area contributed by atoms with E-state index in [0.29, 0.717) is 17.9 Å². The fourth-order valence-corrected chi connectivity index (χ4v) is 3.60.